The molecule has 1 aromatic rings. The van der Waals surface area contributed by atoms with E-state index in [1.54, 1.807) is 24.3 Å². The maximum Gasteiger partial charge on any atom is 0.240 e. The first-order valence-electron chi connectivity index (χ1n) is 7.98. The number of nitrogens with zero attached hydrogens (tertiary/aromatic N) is 1. The number of sulfonamides is 1. The van der Waals surface area contributed by atoms with Crippen LogP contribution in [0.25, 0.3) is 0 Å². The fraction of sp³-hybridized carbons (Fsp3) is 0.562. The van der Waals surface area contributed by atoms with E-state index in [4.69, 9.17) is 11.6 Å². The zero-order valence-electron chi connectivity index (χ0n) is 13.7. The number of carbonyl (C=O) groups is 1. The lowest BCUT2D eigenvalue weighted by Gasteiger charge is -2.22. The van der Waals surface area contributed by atoms with E-state index in [1.807, 2.05) is 11.8 Å². The molecule has 1 aliphatic rings. The van der Waals surface area contributed by atoms with Gasteiger partial charge in [0.1, 0.15) is 6.54 Å². The average molecular weight is 391 g/mol. The molecule has 1 amide bonds. The lowest BCUT2D eigenvalue weighted by atomic mass is 10.3. The van der Waals surface area contributed by atoms with Crippen LogP contribution in [0, 0.1) is 0 Å². The van der Waals surface area contributed by atoms with Crippen molar-refractivity contribution in [1.29, 1.82) is 0 Å². The van der Waals surface area contributed by atoms with Gasteiger partial charge in [0.2, 0.25) is 15.9 Å². The number of halogens is 1. The van der Waals surface area contributed by atoms with Crippen molar-refractivity contribution in [3.63, 3.8) is 0 Å². The number of hydrogen-bond acceptors (Lipinski definition) is 4. The van der Waals surface area contributed by atoms with Gasteiger partial charge in [0.05, 0.1) is 11.9 Å². The predicted octanol–water partition coefficient (Wildman–Crippen LogP) is 2.90. The summed E-state index contributed by atoms with van der Waals surface area (Å²) in [6.07, 6.45) is 6.21. The van der Waals surface area contributed by atoms with E-state index >= 15 is 0 Å². The van der Waals surface area contributed by atoms with Crippen LogP contribution in [0.15, 0.2) is 24.3 Å². The molecule has 2 rings (SSSR count). The Balaban J connectivity index is 1.84. The average Bonchev–Trinajstić information content (AvgIpc) is 3.02. The van der Waals surface area contributed by atoms with Gasteiger partial charge in [0.15, 0.2) is 0 Å². The van der Waals surface area contributed by atoms with Crippen molar-refractivity contribution in [2.45, 2.75) is 30.9 Å². The van der Waals surface area contributed by atoms with Gasteiger partial charge < -0.3 is 5.32 Å². The molecule has 0 unspecified atom stereocenters. The summed E-state index contributed by atoms with van der Waals surface area (Å²) in [5.41, 5.74) is 0.428. The Labute approximate surface area is 153 Å². The Morgan fingerprint density at radius 3 is 2.50 bits per heavy atom. The Bertz CT molecular complexity index is 644. The SMILES string of the molecule is CS(=O)(=O)N(CC(=O)NCCSC1CCCC1)c1ccc(Cl)cc1. The van der Waals surface area contributed by atoms with E-state index < -0.39 is 10.0 Å². The van der Waals surface area contributed by atoms with E-state index in [9.17, 15) is 13.2 Å². The minimum absolute atomic E-state index is 0.228. The van der Waals surface area contributed by atoms with Crippen molar-refractivity contribution in [1.82, 2.24) is 5.32 Å². The highest BCUT2D eigenvalue weighted by atomic mass is 35.5. The molecule has 0 radical (unpaired) electrons. The molecule has 0 bridgehead atoms. The second-order valence-corrected chi connectivity index (χ2v) is 9.62. The van der Waals surface area contributed by atoms with Gasteiger partial charge in [-0.2, -0.15) is 11.8 Å². The summed E-state index contributed by atoms with van der Waals surface area (Å²) < 4.78 is 25.0. The Kier molecular flexibility index (Phi) is 7.25. The topological polar surface area (TPSA) is 66.5 Å². The van der Waals surface area contributed by atoms with Crippen LogP contribution in [-0.2, 0) is 14.8 Å². The van der Waals surface area contributed by atoms with Crippen molar-refractivity contribution < 1.29 is 13.2 Å². The molecular weight excluding hydrogens is 368 g/mol. The summed E-state index contributed by atoms with van der Waals surface area (Å²) in [7, 11) is -3.55. The first-order valence-corrected chi connectivity index (χ1v) is 11.3. The third-order valence-corrected chi connectivity index (χ3v) is 6.66. The van der Waals surface area contributed by atoms with Crippen molar-refractivity contribution >= 4 is 45.0 Å². The fourth-order valence-electron chi connectivity index (χ4n) is 2.66. The van der Waals surface area contributed by atoms with Crippen LogP contribution in [0.3, 0.4) is 0 Å². The predicted molar refractivity (Wildman–Crippen MR) is 101 cm³/mol. The normalized spacial score (nSPS) is 15.4. The van der Waals surface area contributed by atoms with Crippen LogP contribution in [0.5, 0.6) is 0 Å². The van der Waals surface area contributed by atoms with Crippen molar-refractivity contribution in [2.24, 2.45) is 0 Å². The zero-order chi connectivity index (χ0) is 17.6. The van der Waals surface area contributed by atoms with E-state index in [0.717, 1.165) is 16.3 Å². The van der Waals surface area contributed by atoms with E-state index in [-0.39, 0.29) is 12.5 Å². The Morgan fingerprint density at radius 1 is 1.29 bits per heavy atom. The molecule has 1 aromatic carbocycles. The van der Waals surface area contributed by atoms with Crippen LogP contribution < -0.4 is 9.62 Å². The highest BCUT2D eigenvalue weighted by molar-refractivity contribution is 7.99. The van der Waals surface area contributed by atoms with E-state index in [2.05, 4.69) is 5.32 Å². The van der Waals surface area contributed by atoms with Crippen molar-refractivity contribution in [2.75, 3.05) is 29.4 Å². The van der Waals surface area contributed by atoms with Crippen LogP contribution in [0.2, 0.25) is 5.02 Å². The lowest BCUT2D eigenvalue weighted by Crippen LogP contribution is -2.41. The molecule has 0 heterocycles. The van der Waals surface area contributed by atoms with Crippen LogP contribution in [0.1, 0.15) is 25.7 Å². The maximum absolute atomic E-state index is 12.1. The summed E-state index contributed by atoms with van der Waals surface area (Å²) in [4.78, 5) is 12.1. The van der Waals surface area contributed by atoms with Gasteiger partial charge in [-0.15, -0.1) is 0 Å². The number of rotatable bonds is 8. The first-order chi connectivity index (χ1) is 11.4. The Hall–Kier alpha value is -0.920. The number of benzene rings is 1. The smallest absolute Gasteiger partial charge is 0.240 e. The molecule has 0 aromatic heterocycles. The molecule has 1 saturated carbocycles. The largest absolute Gasteiger partial charge is 0.354 e. The number of thioether (sulfide) groups is 1. The van der Waals surface area contributed by atoms with Crippen LogP contribution >= 0.6 is 23.4 Å². The molecule has 5 nitrogen and oxygen atoms in total. The molecule has 1 N–H and O–H groups in total. The van der Waals surface area contributed by atoms with Crippen LogP contribution in [0.4, 0.5) is 5.69 Å². The van der Waals surface area contributed by atoms with Gasteiger partial charge in [0, 0.05) is 22.6 Å². The first kappa shape index (κ1) is 19.4. The highest BCUT2D eigenvalue weighted by Crippen LogP contribution is 2.28. The van der Waals surface area contributed by atoms with Crippen molar-refractivity contribution in [3.05, 3.63) is 29.3 Å². The zero-order valence-corrected chi connectivity index (χ0v) is 16.1. The molecule has 1 aliphatic carbocycles. The molecule has 0 aliphatic heterocycles. The van der Waals surface area contributed by atoms with Crippen LogP contribution in [-0.4, -0.2) is 44.7 Å². The van der Waals surface area contributed by atoms with Gasteiger partial charge in [-0.25, -0.2) is 8.42 Å². The lowest BCUT2D eigenvalue weighted by molar-refractivity contribution is -0.119. The monoisotopic (exact) mass is 390 g/mol. The third kappa shape index (κ3) is 6.18. The van der Waals surface area contributed by atoms with Gasteiger partial charge in [0.25, 0.3) is 0 Å². The second kappa shape index (κ2) is 8.97. The second-order valence-electron chi connectivity index (χ2n) is 5.87. The molecule has 8 heteroatoms. The maximum atomic E-state index is 12.1. The number of anilines is 1. The van der Waals surface area contributed by atoms with E-state index in [1.165, 1.54) is 25.7 Å². The van der Waals surface area contributed by atoms with Crippen molar-refractivity contribution in [3.8, 4) is 0 Å². The molecule has 1 fully saturated rings. The quantitative estimate of drug-likeness (QED) is 0.693. The molecule has 0 saturated heterocycles. The number of hydrogen-bond donors (Lipinski definition) is 1. The molecule has 24 heavy (non-hydrogen) atoms. The fourth-order valence-corrected chi connectivity index (χ4v) is 4.87. The summed E-state index contributed by atoms with van der Waals surface area (Å²) in [5.74, 6) is 0.554. The standard InChI is InChI=1S/C16H23ClN2O3S2/c1-24(21,22)19(14-8-6-13(17)7-9-14)12-16(20)18-10-11-23-15-4-2-3-5-15/h6-9,15H,2-5,10-12H2,1H3,(H,18,20). The summed E-state index contributed by atoms with van der Waals surface area (Å²) >= 11 is 7.71. The minimum Gasteiger partial charge on any atom is -0.354 e. The highest BCUT2D eigenvalue weighted by Gasteiger charge is 2.21. The number of carbonyl (C=O) groups excluding carboxylic acids is 1. The van der Waals surface area contributed by atoms with Gasteiger partial charge in [-0.1, -0.05) is 24.4 Å². The molecule has 0 spiro atoms. The minimum atomic E-state index is -3.55. The van der Waals surface area contributed by atoms with Gasteiger partial charge in [-0.3, -0.25) is 9.10 Å². The summed E-state index contributed by atoms with van der Waals surface area (Å²) in [6, 6.07) is 6.38. The Morgan fingerprint density at radius 2 is 1.92 bits per heavy atom. The van der Waals surface area contributed by atoms with E-state index in [0.29, 0.717) is 22.5 Å². The van der Waals surface area contributed by atoms with Gasteiger partial charge >= 0.3 is 0 Å². The number of amides is 1. The summed E-state index contributed by atoms with van der Waals surface area (Å²) in [5, 5.41) is 4.02. The molecule has 0 atom stereocenters. The van der Waals surface area contributed by atoms with Gasteiger partial charge in [-0.05, 0) is 37.1 Å². The molecule has 134 valence electrons. The molecular formula is C16H23ClN2O3S2. The third-order valence-electron chi connectivity index (χ3n) is 3.88. The number of nitrogens with one attached hydrogen (secondary N) is 1. The summed E-state index contributed by atoms with van der Waals surface area (Å²) in [6.45, 7) is 0.326.